The van der Waals surface area contributed by atoms with Crippen molar-refractivity contribution < 1.29 is 28.6 Å². The fourth-order valence-electron chi connectivity index (χ4n) is 4.82. The van der Waals surface area contributed by atoms with Crippen LogP contribution < -0.4 is 0 Å². The van der Waals surface area contributed by atoms with Crippen molar-refractivity contribution in [3.05, 3.63) is 11.6 Å². The topological polar surface area (TPSA) is 78.9 Å². The van der Waals surface area contributed by atoms with Crippen LogP contribution in [-0.4, -0.2) is 38.2 Å². The summed E-state index contributed by atoms with van der Waals surface area (Å²) in [6, 6.07) is 0. The molecule has 3 rings (SSSR count). The summed E-state index contributed by atoms with van der Waals surface area (Å²) in [4.78, 5) is 37.0. The Morgan fingerprint density at radius 1 is 1.12 bits per heavy atom. The van der Waals surface area contributed by atoms with Crippen molar-refractivity contribution in [2.75, 3.05) is 14.2 Å². The van der Waals surface area contributed by atoms with Gasteiger partial charge in [-0.3, -0.25) is 4.79 Å². The molecule has 0 aliphatic heterocycles. The van der Waals surface area contributed by atoms with Gasteiger partial charge < -0.3 is 14.2 Å². The van der Waals surface area contributed by atoms with Crippen molar-refractivity contribution in [3.8, 4) is 0 Å². The van der Waals surface area contributed by atoms with Gasteiger partial charge in [0.15, 0.2) is 0 Å². The van der Waals surface area contributed by atoms with E-state index in [0.29, 0.717) is 24.8 Å². The first-order chi connectivity index (χ1) is 11.5. The second-order valence-corrected chi connectivity index (χ2v) is 7.02. The first-order valence-electron chi connectivity index (χ1n) is 8.60. The van der Waals surface area contributed by atoms with E-state index in [1.54, 1.807) is 6.08 Å². The second kappa shape index (κ2) is 6.57. The largest absolute Gasteiger partial charge is 0.508 e. The number of hydrogen-bond acceptors (Lipinski definition) is 6. The number of carbonyl (C=O) groups excluding carboxylic acids is 3. The van der Waals surface area contributed by atoms with E-state index in [9.17, 15) is 14.4 Å². The number of hydrogen-bond donors (Lipinski definition) is 0. The molecular weight excluding hydrogens is 312 g/mol. The van der Waals surface area contributed by atoms with Crippen LogP contribution in [-0.2, 0) is 23.8 Å². The van der Waals surface area contributed by atoms with Crippen molar-refractivity contribution >= 4 is 17.9 Å². The van der Waals surface area contributed by atoms with Gasteiger partial charge in [0.25, 0.3) is 0 Å². The Labute approximate surface area is 141 Å². The molecular formula is C18H24O6. The average Bonchev–Trinajstić information content (AvgIpc) is 2.78. The molecule has 1 spiro atoms. The highest BCUT2D eigenvalue weighted by atomic mass is 16.7. The quantitative estimate of drug-likeness (QED) is 0.722. The van der Waals surface area contributed by atoms with Crippen LogP contribution in [0, 0.1) is 17.3 Å². The number of rotatable bonds is 2. The lowest BCUT2D eigenvalue weighted by atomic mass is 9.68. The Balaban J connectivity index is 1.98. The summed E-state index contributed by atoms with van der Waals surface area (Å²) in [5, 5.41) is 0. The molecule has 0 amide bonds. The van der Waals surface area contributed by atoms with Gasteiger partial charge in [0.05, 0.1) is 14.2 Å². The van der Waals surface area contributed by atoms with E-state index in [0.717, 1.165) is 25.7 Å². The minimum Gasteiger partial charge on any atom is -0.466 e. The molecule has 6 heteroatoms. The highest BCUT2D eigenvalue weighted by molar-refractivity contribution is 5.95. The monoisotopic (exact) mass is 336 g/mol. The summed E-state index contributed by atoms with van der Waals surface area (Å²) in [5.74, 6) is -0.603. The maximum absolute atomic E-state index is 13.2. The molecule has 2 bridgehead atoms. The molecule has 0 N–H and O–H groups in total. The fourth-order valence-corrected chi connectivity index (χ4v) is 4.82. The number of allylic oxidation sites excluding steroid dienone is 1. The van der Waals surface area contributed by atoms with Gasteiger partial charge in [-0.25, -0.2) is 9.59 Å². The Morgan fingerprint density at radius 3 is 2.62 bits per heavy atom. The van der Waals surface area contributed by atoms with Crippen molar-refractivity contribution in [1.82, 2.24) is 0 Å². The number of esters is 1. The van der Waals surface area contributed by atoms with E-state index in [4.69, 9.17) is 9.47 Å². The van der Waals surface area contributed by atoms with E-state index in [-0.39, 0.29) is 17.6 Å². The predicted molar refractivity (Wildman–Crippen MR) is 84.1 cm³/mol. The lowest BCUT2D eigenvalue weighted by molar-refractivity contribution is -0.137. The molecule has 0 saturated heterocycles. The smallest absolute Gasteiger partial charge is 0.466 e. The SMILES string of the molecule is COC(=O)O[C@@H]1CC[C@@]23CCCC[C@H](C=C(C(=O)OC)C[C@H]12)C3=O. The number of fused-ring (bicyclic) bond motifs is 1. The second-order valence-electron chi connectivity index (χ2n) is 7.02. The number of ether oxygens (including phenoxy) is 3. The maximum atomic E-state index is 13.2. The van der Waals surface area contributed by atoms with E-state index in [1.165, 1.54) is 14.2 Å². The molecule has 0 aromatic carbocycles. The third-order valence-electron chi connectivity index (χ3n) is 5.95. The van der Waals surface area contributed by atoms with E-state index in [2.05, 4.69) is 4.74 Å². The predicted octanol–water partition coefficient (Wildman–Crippen LogP) is 2.80. The molecule has 2 saturated carbocycles. The Morgan fingerprint density at radius 2 is 1.92 bits per heavy atom. The fraction of sp³-hybridized carbons (Fsp3) is 0.722. The van der Waals surface area contributed by atoms with Gasteiger partial charge in [-0.05, 0) is 32.1 Å². The van der Waals surface area contributed by atoms with Crippen molar-refractivity contribution in [3.63, 3.8) is 0 Å². The standard InChI is InChI=1S/C18H24O6/c1-22-16(20)12-9-11-5-3-4-7-18(15(11)19)8-6-14(13(18)10-12)24-17(21)23-2/h9,11,13-14H,3-8,10H2,1-2H3/t11-,13-,14-,18+/m1/s1. The minimum absolute atomic E-state index is 0.183. The summed E-state index contributed by atoms with van der Waals surface area (Å²) in [5.41, 5.74) is 0.0385. The van der Waals surface area contributed by atoms with Crippen molar-refractivity contribution in [2.45, 2.75) is 51.0 Å². The molecule has 2 fully saturated rings. The third kappa shape index (κ3) is 2.72. The van der Waals surface area contributed by atoms with E-state index < -0.39 is 23.6 Å². The lowest BCUT2D eigenvalue weighted by Gasteiger charge is -2.34. The van der Waals surface area contributed by atoms with Crippen LogP contribution in [0.4, 0.5) is 4.79 Å². The number of ketones is 1. The Hall–Kier alpha value is -1.85. The first kappa shape index (κ1) is 17.0. The highest BCUT2D eigenvalue weighted by Crippen LogP contribution is 2.56. The summed E-state index contributed by atoms with van der Waals surface area (Å²) in [6.07, 6.45) is 5.96. The van der Waals surface area contributed by atoms with Gasteiger partial charge in [0, 0.05) is 22.8 Å². The van der Waals surface area contributed by atoms with Crippen LogP contribution in [0.25, 0.3) is 0 Å². The van der Waals surface area contributed by atoms with Crippen LogP contribution >= 0.6 is 0 Å². The molecule has 4 atom stereocenters. The van der Waals surface area contributed by atoms with Gasteiger partial charge in [0.1, 0.15) is 11.9 Å². The summed E-state index contributed by atoms with van der Waals surface area (Å²) >= 11 is 0. The van der Waals surface area contributed by atoms with Crippen molar-refractivity contribution in [1.29, 1.82) is 0 Å². The molecule has 0 radical (unpaired) electrons. The summed E-state index contributed by atoms with van der Waals surface area (Å²) in [6.45, 7) is 0. The molecule has 3 aliphatic rings. The molecule has 132 valence electrons. The molecule has 6 nitrogen and oxygen atoms in total. The van der Waals surface area contributed by atoms with Gasteiger partial charge in [-0.1, -0.05) is 18.9 Å². The van der Waals surface area contributed by atoms with E-state index in [1.807, 2.05) is 0 Å². The van der Waals surface area contributed by atoms with Crippen LogP contribution in [0.1, 0.15) is 44.9 Å². The first-order valence-corrected chi connectivity index (χ1v) is 8.60. The molecule has 0 heterocycles. The zero-order chi connectivity index (χ0) is 17.3. The van der Waals surface area contributed by atoms with Crippen LogP contribution in [0.15, 0.2) is 11.6 Å². The summed E-state index contributed by atoms with van der Waals surface area (Å²) in [7, 11) is 2.62. The Bertz CT molecular complexity index is 580. The number of Topliss-reactive ketones (excluding diaryl/α,β-unsaturated/α-hetero) is 1. The van der Waals surface area contributed by atoms with Gasteiger partial charge in [-0.2, -0.15) is 0 Å². The molecule has 0 aromatic rings. The van der Waals surface area contributed by atoms with Crippen LogP contribution in [0.3, 0.4) is 0 Å². The van der Waals surface area contributed by atoms with Gasteiger partial charge in [-0.15, -0.1) is 0 Å². The van der Waals surface area contributed by atoms with Gasteiger partial charge in [0.2, 0.25) is 0 Å². The van der Waals surface area contributed by atoms with E-state index >= 15 is 0 Å². The normalized spacial score (nSPS) is 35.2. The lowest BCUT2D eigenvalue weighted by Crippen LogP contribution is -2.40. The van der Waals surface area contributed by atoms with Crippen molar-refractivity contribution in [2.24, 2.45) is 17.3 Å². The maximum Gasteiger partial charge on any atom is 0.508 e. The van der Waals surface area contributed by atoms with Crippen LogP contribution in [0.2, 0.25) is 0 Å². The van der Waals surface area contributed by atoms with Gasteiger partial charge >= 0.3 is 12.1 Å². The molecule has 3 aliphatic carbocycles. The zero-order valence-electron chi connectivity index (χ0n) is 14.2. The van der Waals surface area contributed by atoms with Crippen LogP contribution in [0.5, 0.6) is 0 Å². The third-order valence-corrected chi connectivity index (χ3v) is 5.95. The minimum atomic E-state index is -0.734. The molecule has 0 unspecified atom stereocenters. The zero-order valence-corrected chi connectivity index (χ0v) is 14.2. The highest BCUT2D eigenvalue weighted by Gasteiger charge is 2.57. The number of carbonyl (C=O) groups is 3. The number of methoxy groups -OCH3 is 2. The summed E-state index contributed by atoms with van der Waals surface area (Å²) < 4.78 is 14.9. The molecule has 0 aromatic heterocycles. The average molecular weight is 336 g/mol. The Kier molecular flexibility index (Phi) is 4.65. The molecule has 24 heavy (non-hydrogen) atoms.